The summed E-state index contributed by atoms with van der Waals surface area (Å²) in [5.74, 6) is -2.21. The monoisotopic (exact) mass is 411 g/mol. The third-order valence-electron chi connectivity index (χ3n) is 5.41. The number of carbonyl (C=O) groups excluding carboxylic acids is 1. The molecule has 0 radical (unpaired) electrons. The van der Waals surface area contributed by atoms with Gasteiger partial charge >= 0.3 is 5.97 Å². The van der Waals surface area contributed by atoms with Crippen LogP contribution in [0.2, 0.25) is 0 Å². The molecule has 4 rings (SSSR count). The molecule has 156 valence electrons. The van der Waals surface area contributed by atoms with E-state index in [-0.39, 0.29) is 35.7 Å². The molecule has 0 amide bonds. The van der Waals surface area contributed by atoms with Gasteiger partial charge in [-0.2, -0.15) is 0 Å². The van der Waals surface area contributed by atoms with Crippen molar-refractivity contribution in [3.63, 3.8) is 0 Å². The number of aromatic hydroxyl groups is 1. The average molecular weight is 411 g/mol. The van der Waals surface area contributed by atoms with Gasteiger partial charge in [0.15, 0.2) is 5.76 Å². The number of rotatable bonds is 6. The summed E-state index contributed by atoms with van der Waals surface area (Å²) in [5, 5.41) is 11.3. The Kier molecular flexibility index (Phi) is 5.17. The van der Waals surface area contributed by atoms with E-state index < -0.39 is 23.1 Å². The molecule has 8 nitrogen and oxygen atoms in total. The molecule has 1 atom stereocenters. The molecule has 3 heterocycles. The Balaban J connectivity index is 1.97. The first-order chi connectivity index (χ1) is 14.4. The lowest BCUT2D eigenvalue weighted by Crippen LogP contribution is -2.26. The zero-order chi connectivity index (χ0) is 21.4. The number of methoxy groups -OCH3 is 2. The molecule has 1 aliphatic heterocycles. The molecule has 0 spiro atoms. The Morgan fingerprint density at radius 3 is 2.80 bits per heavy atom. The molecule has 2 aromatic heterocycles. The second-order valence-electron chi connectivity index (χ2n) is 7.22. The van der Waals surface area contributed by atoms with Gasteiger partial charge in [0.1, 0.15) is 12.4 Å². The van der Waals surface area contributed by atoms with Crippen molar-refractivity contribution in [2.75, 3.05) is 14.2 Å². The van der Waals surface area contributed by atoms with Crippen molar-refractivity contribution in [3.8, 4) is 5.75 Å². The van der Waals surface area contributed by atoms with Crippen LogP contribution in [0, 0.1) is 0 Å². The number of esters is 1. The van der Waals surface area contributed by atoms with Gasteiger partial charge in [0, 0.05) is 25.3 Å². The summed E-state index contributed by atoms with van der Waals surface area (Å²) in [5.41, 5.74) is 1.23. The number of para-hydroxylation sites is 1. The van der Waals surface area contributed by atoms with Gasteiger partial charge in [0.25, 0.3) is 5.56 Å². The second-order valence-corrected chi connectivity index (χ2v) is 7.22. The summed E-state index contributed by atoms with van der Waals surface area (Å²) in [6.07, 6.45) is 0.464. The maximum atomic E-state index is 13.3. The van der Waals surface area contributed by atoms with Crippen LogP contribution in [-0.4, -0.2) is 29.9 Å². The summed E-state index contributed by atoms with van der Waals surface area (Å²) in [4.78, 5) is 37.8. The highest BCUT2D eigenvalue weighted by Gasteiger charge is 2.30. The van der Waals surface area contributed by atoms with Crippen LogP contribution in [0.15, 0.2) is 44.3 Å². The minimum absolute atomic E-state index is 0.00121. The van der Waals surface area contributed by atoms with Gasteiger partial charge in [-0.3, -0.25) is 14.4 Å². The topological polar surface area (TPSA) is 108 Å². The summed E-state index contributed by atoms with van der Waals surface area (Å²) < 4.78 is 17.2. The molecule has 0 aliphatic carbocycles. The molecule has 8 heteroatoms. The Hall–Kier alpha value is -3.39. The van der Waals surface area contributed by atoms with Crippen molar-refractivity contribution >= 4 is 16.9 Å². The maximum absolute atomic E-state index is 13.3. The number of carbonyl (C=O) groups is 1. The molecule has 1 aromatic carbocycles. The third-order valence-corrected chi connectivity index (χ3v) is 5.41. The van der Waals surface area contributed by atoms with Gasteiger partial charge < -0.3 is 23.6 Å². The number of aryl methyl sites for hydroxylation is 2. The largest absolute Gasteiger partial charge is 0.502 e. The number of aromatic nitrogens is 1. The first-order valence-corrected chi connectivity index (χ1v) is 9.51. The lowest BCUT2D eigenvalue weighted by molar-refractivity contribution is -0.140. The maximum Gasteiger partial charge on any atom is 0.306 e. The minimum Gasteiger partial charge on any atom is -0.502 e. The van der Waals surface area contributed by atoms with E-state index in [4.69, 9.17) is 13.9 Å². The van der Waals surface area contributed by atoms with E-state index in [0.29, 0.717) is 6.54 Å². The Morgan fingerprint density at radius 1 is 1.27 bits per heavy atom. The third kappa shape index (κ3) is 3.29. The molecule has 3 aromatic rings. The highest BCUT2D eigenvalue weighted by molar-refractivity contribution is 5.84. The van der Waals surface area contributed by atoms with Gasteiger partial charge in [-0.1, -0.05) is 18.2 Å². The molecule has 1 aliphatic rings. The van der Waals surface area contributed by atoms with Crippen LogP contribution < -0.4 is 11.0 Å². The van der Waals surface area contributed by atoms with Crippen LogP contribution in [0.4, 0.5) is 0 Å². The molecule has 1 N–H and O–H groups in total. The first kappa shape index (κ1) is 19.9. The normalized spacial score (nSPS) is 13.5. The Morgan fingerprint density at radius 2 is 2.07 bits per heavy atom. The standard InChI is InChI=1S/C22H21NO7/c1-28-11-14-9-17(24)20(26)21(30-14)15(10-18(25)29-2)16-8-13-5-3-4-12-6-7-23(19(12)13)22(16)27/h3-5,8-9,15,26H,6-7,10-11H2,1-2H3/t15-/m0/s1. The van der Waals surface area contributed by atoms with Gasteiger partial charge in [-0.05, 0) is 23.4 Å². The first-order valence-electron chi connectivity index (χ1n) is 9.51. The van der Waals surface area contributed by atoms with Crippen LogP contribution in [0.5, 0.6) is 5.75 Å². The predicted molar refractivity (Wildman–Crippen MR) is 108 cm³/mol. The number of pyridine rings is 1. The summed E-state index contributed by atoms with van der Waals surface area (Å²) in [7, 11) is 2.67. The van der Waals surface area contributed by atoms with Crippen molar-refractivity contribution in [2.24, 2.45) is 0 Å². The molecule has 30 heavy (non-hydrogen) atoms. The molecule has 0 bridgehead atoms. The second kappa shape index (κ2) is 7.79. The van der Waals surface area contributed by atoms with Crippen LogP contribution in [-0.2, 0) is 33.8 Å². The lowest BCUT2D eigenvalue weighted by atomic mass is 9.92. The predicted octanol–water partition coefficient (Wildman–Crippen LogP) is 2.06. The molecule has 0 fully saturated rings. The molecule has 0 saturated heterocycles. The van der Waals surface area contributed by atoms with Crippen molar-refractivity contribution in [3.05, 3.63) is 73.6 Å². The van der Waals surface area contributed by atoms with E-state index in [1.807, 2.05) is 18.2 Å². The summed E-state index contributed by atoms with van der Waals surface area (Å²) in [6.45, 7) is 0.520. The van der Waals surface area contributed by atoms with Crippen molar-refractivity contribution in [1.29, 1.82) is 0 Å². The van der Waals surface area contributed by atoms with Gasteiger partial charge in [0.2, 0.25) is 11.2 Å². The number of hydrogen-bond acceptors (Lipinski definition) is 7. The fraction of sp³-hybridized carbons (Fsp3) is 0.318. The number of hydrogen-bond donors (Lipinski definition) is 1. The van der Waals surface area contributed by atoms with Gasteiger partial charge in [-0.15, -0.1) is 0 Å². The fourth-order valence-electron chi connectivity index (χ4n) is 4.04. The van der Waals surface area contributed by atoms with E-state index >= 15 is 0 Å². The van der Waals surface area contributed by atoms with E-state index in [1.54, 1.807) is 10.6 Å². The fourth-order valence-corrected chi connectivity index (χ4v) is 4.04. The van der Waals surface area contributed by atoms with Crippen molar-refractivity contribution in [1.82, 2.24) is 4.57 Å². The minimum atomic E-state index is -0.994. The lowest BCUT2D eigenvalue weighted by Gasteiger charge is -2.18. The van der Waals surface area contributed by atoms with E-state index in [0.717, 1.165) is 29.0 Å². The Labute approximate surface area is 171 Å². The van der Waals surface area contributed by atoms with Crippen LogP contribution in [0.25, 0.3) is 10.9 Å². The molecule has 0 unspecified atom stereocenters. The van der Waals surface area contributed by atoms with E-state index in [2.05, 4.69) is 0 Å². The van der Waals surface area contributed by atoms with Crippen molar-refractivity contribution < 1.29 is 23.8 Å². The van der Waals surface area contributed by atoms with E-state index in [9.17, 15) is 19.5 Å². The van der Waals surface area contributed by atoms with Crippen LogP contribution in [0.1, 0.15) is 35.0 Å². The Bertz CT molecular complexity index is 1250. The number of nitrogens with zero attached hydrogens (tertiary/aromatic N) is 1. The molecular weight excluding hydrogens is 390 g/mol. The quantitative estimate of drug-likeness (QED) is 0.619. The number of benzene rings is 1. The van der Waals surface area contributed by atoms with Crippen molar-refractivity contribution in [2.45, 2.75) is 31.9 Å². The molecule has 0 saturated carbocycles. The van der Waals surface area contributed by atoms with Gasteiger partial charge in [0.05, 0.1) is 25.0 Å². The zero-order valence-corrected chi connectivity index (χ0v) is 16.6. The number of ether oxygens (including phenoxy) is 2. The average Bonchev–Trinajstić information content (AvgIpc) is 3.17. The zero-order valence-electron chi connectivity index (χ0n) is 16.6. The van der Waals surface area contributed by atoms with E-state index in [1.165, 1.54) is 14.2 Å². The smallest absolute Gasteiger partial charge is 0.306 e. The molecular formula is C22H21NO7. The summed E-state index contributed by atoms with van der Waals surface area (Å²) in [6, 6.07) is 8.59. The van der Waals surface area contributed by atoms with Gasteiger partial charge in [-0.25, -0.2) is 0 Å². The summed E-state index contributed by atoms with van der Waals surface area (Å²) >= 11 is 0. The highest BCUT2D eigenvalue weighted by Crippen LogP contribution is 2.34. The SMILES string of the molecule is COCc1cc(=O)c(O)c([C@@H](CC(=O)OC)c2cc3cccc4c3n(c2=O)CC4)o1. The highest BCUT2D eigenvalue weighted by atomic mass is 16.5. The van der Waals surface area contributed by atoms with Crippen LogP contribution >= 0.6 is 0 Å². The van der Waals surface area contributed by atoms with Crippen LogP contribution in [0.3, 0.4) is 0 Å².